The number of sulfonamides is 1. The molecule has 1 aliphatic heterocycles. The van der Waals surface area contributed by atoms with Gasteiger partial charge in [-0.3, -0.25) is 15.0 Å². The second-order valence-corrected chi connectivity index (χ2v) is 10.4. The maximum absolute atomic E-state index is 13.0. The van der Waals surface area contributed by atoms with Crippen molar-refractivity contribution in [3.8, 4) is 0 Å². The van der Waals surface area contributed by atoms with Crippen LogP contribution in [-0.2, 0) is 21.2 Å². The number of piperidine rings is 1. The highest BCUT2D eigenvalue weighted by Gasteiger charge is 2.56. The number of pyridine rings is 1. The molecule has 0 aromatic carbocycles. The van der Waals surface area contributed by atoms with Crippen LogP contribution in [-0.4, -0.2) is 58.8 Å². The predicted octanol–water partition coefficient (Wildman–Crippen LogP) is 3.43. The highest BCUT2D eigenvalue weighted by atomic mass is 35.5. The Morgan fingerprint density at radius 3 is 2.19 bits per heavy atom. The zero-order valence-electron chi connectivity index (χ0n) is 17.3. The lowest BCUT2D eigenvalue weighted by molar-refractivity contribution is -0.284. The highest BCUT2D eigenvalue weighted by Crippen LogP contribution is 2.39. The topological polar surface area (TPSA) is 99.6 Å². The first-order valence-electron chi connectivity index (χ1n) is 9.47. The number of hydrogen-bond acceptors (Lipinski definition) is 5. The van der Waals surface area contributed by atoms with Gasteiger partial charge >= 0.3 is 12.1 Å². The van der Waals surface area contributed by atoms with E-state index >= 15 is 0 Å². The van der Waals surface area contributed by atoms with Crippen LogP contribution in [0.1, 0.15) is 50.3 Å². The maximum atomic E-state index is 13.0. The van der Waals surface area contributed by atoms with E-state index in [2.05, 4.69) is 4.98 Å². The van der Waals surface area contributed by atoms with E-state index in [4.69, 9.17) is 5.21 Å². The van der Waals surface area contributed by atoms with Crippen molar-refractivity contribution in [1.82, 2.24) is 14.8 Å². The Balaban J connectivity index is 0.00000512. The fourth-order valence-corrected chi connectivity index (χ4v) is 4.85. The van der Waals surface area contributed by atoms with Gasteiger partial charge in [-0.25, -0.2) is 18.2 Å². The number of hydrogen-bond donors (Lipinski definition) is 2. The Labute approximate surface area is 188 Å². The minimum Gasteiger partial charge on any atom is -0.289 e. The minimum absolute atomic E-state index is 0. The summed E-state index contributed by atoms with van der Waals surface area (Å²) in [6, 6.07) is 2.98. The van der Waals surface area contributed by atoms with Crippen molar-refractivity contribution in [2.75, 3.05) is 13.1 Å². The molecule has 0 radical (unpaired) electrons. The molecular weight excluding hydrogens is 485 g/mol. The molecule has 0 bridgehead atoms. The van der Waals surface area contributed by atoms with Crippen molar-refractivity contribution in [2.45, 2.75) is 62.3 Å². The summed E-state index contributed by atoms with van der Waals surface area (Å²) in [6.45, 7) is 2.58. The third-order valence-electron chi connectivity index (χ3n) is 5.50. The first-order valence-corrected chi connectivity index (χ1v) is 10.9. The van der Waals surface area contributed by atoms with Crippen LogP contribution in [0.5, 0.6) is 0 Å². The Bertz CT molecular complexity index is 887. The van der Waals surface area contributed by atoms with Crippen molar-refractivity contribution >= 4 is 28.3 Å². The standard InChI is InChI=1S/C18H24F5N3O4S.ClH/c1-16(2,15(27)25-28)31(29,30)26-9-6-13(7-10-26)14-4-3-12(11-24-14)5-8-17(19,20)18(21,22)23;/h3-4,11,13,28H,5-10H2,1-2H3,(H,25,27);1H. The number of carbonyl (C=O) groups excluding carboxylic acids is 1. The summed E-state index contributed by atoms with van der Waals surface area (Å²) in [6.07, 6.45) is -5.44. The number of halogens is 6. The van der Waals surface area contributed by atoms with Gasteiger partial charge in [-0.1, -0.05) is 6.07 Å². The summed E-state index contributed by atoms with van der Waals surface area (Å²) >= 11 is 0. The zero-order chi connectivity index (χ0) is 23.7. The Hall–Kier alpha value is -1.57. The van der Waals surface area contributed by atoms with E-state index in [1.54, 1.807) is 6.07 Å². The number of nitrogens with zero attached hydrogens (tertiary/aromatic N) is 2. The summed E-state index contributed by atoms with van der Waals surface area (Å²) in [5, 5.41) is 8.78. The number of amides is 1. The summed E-state index contributed by atoms with van der Waals surface area (Å²) in [5.74, 6) is -5.96. The molecule has 0 atom stereocenters. The van der Waals surface area contributed by atoms with Crippen LogP contribution < -0.4 is 5.48 Å². The molecule has 1 aromatic heterocycles. The van der Waals surface area contributed by atoms with E-state index in [1.807, 2.05) is 0 Å². The van der Waals surface area contributed by atoms with Gasteiger partial charge in [0.2, 0.25) is 10.0 Å². The molecule has 0 saturated carbocycles. The average molecular weight is 510 g/mol. The molecule has 7 nitrogen and oxygen atoms in total. The average Bonchev–Trinajstić information content (AvgIpc) is 2.71. The first kappa shape index (κ1) is 28.5. The number of aryl methyl sites for hydroxylation is 1. The van der Waals surface area contributed by atoms with Gasteiger partial charge in [0.1, 0.15) is 0 Å². The number of carbonyl (C=O) groups is 1. The minimum atomic E-state index is -5.60. The molecular formula is C18H25ClF5N3O4S. The van der Waals surface area contributed by atoms with Crippen molar-refractivity contribution in [1.29, 1.82) is 0 Å². The second-order valence-electron chi connectivity index (χ2n) is 7.92. The Morgan fingerprint density at radius 1 is 1.19 bits per heavy atom. The van der Waals surface area contributed by atoms with Crippen molar-refractivity contribution in [3.63, 3.8) is 0 Å². The van der Waals surface area contributed by atoms with Gasteiger partial charge in [0, 0.05) is 37.3 Å². The van der Waals surface area contributed by atoms with Gasteiger partial charge in [-0.15, -0.1) is 12.4 Å². The van der Waals surface area contributed by atoms with Crippen LogP contribution in [0.25, 0.3) is 0 Å². The third-order valence-corrected chi connectivity index (χ3v) is 8.02. The third kappa shape index (κ3) is 5.86. The predicted molar refractivity (Wildman–Crippen MR) is 107 cm³/mol. The number of aromatic nitrogens is 1. The summed E-state index contributed by atoms with van der Waals surface area (Å²) in [5.41, 5.74) is 2.17. The van der Waals surface area contributed by atoms with E-state index in [9.17, 15) is 35.2 Å². The lowest BCUT2D eigenvalue weighted by Gasteiger charge is -2.35. The number of nitrogens with one attached hydrogen (secondary N) is 1. The van der Waals surface area contributed by atoms with Gasteiger partial charge in [-0.2, -0.15) is 22.0 Å². The number of hydroxylamine groups is 1. The smallest absolute Gasteiger partial charge is 0.289 e. The van der Waals surface area contributed by atoms with Crippen molar-refractivity contribution in [3.05, 3.63) is 29.6 Å². The summed E-state index contributed by atoms with van der Waals surface area (Å²) < 4.78 is 87.5. The largest absolute Gasteiger partial charge is 0.453 e. The normalized spacial score (nSPS) is 17.0. The molecule has 14 heteroatoms. The monoisotopic (exact) mass is 509 g/mol. The Morgan fingerprint density at radius 2 is 1.75 bits per heavy atom. The molecule has 184 valence electrons. The number of rotatable bonds is 7. The van der Waals surface area contributed by atoms with Crippen LogP contribution in [0, 0.1) is 0 Å². The van der Waals surface area contributed by atoms with Gasteiger partial charge in [0.15, 0.2) is 4.75 Å². The van der Waals surface area contributed by atoms with E-state index in [0.29, 0.717) is 18.5 Å². The fourth-order valence-electron chi connectivity index (χ4n) is 3.23. The van der Waals surface area contributed by atoms with Crippen molar-refractivity contribution in [2.24, 2.45) is 0 Å². The SMILES string of the molecule is CC(C)(C(=O)NO)S(=O)(=O)N1CCC(c2ccc(CCC(F)(F)C(F)(F)F)cn2)CC1.Cl. The van der Waals surface area contributed by atoms with Gasteiger partial charge in [0.25, 0.3) is 5.91 Å². The molecule has 1 fully saturated rings. The quantitative estimate of drug-likeness (QED) is 0.333. The number of alkyl halides is 5. The molecule has 1 saturated heterocycles. The molecule has 2 rings (SSSR count). The fraction of sp³-hybridized carbons (Fsp3) is 0.667. The van der Waals surface area contributed by atoms with E-state index < -0.39 is 45.6 Å². The van der Waals surface area contributed by atoms with Gasteiger partial charge < -0.3 is 0 Å². The molecule has 32 heavy (non-hydrogen) atoms. The Kier molecular flexibility index (Phi) is 9.02. The molecule has 1 amide bonds. The van der Waals surface area contributed by atoms with Crippen LogP contribution in [0.2, 0.25) is 0 Å². The summed E-state index contributed by atoms with van der Waals surface area (Å²) in [7, 11) is -4.04. The van der Waals surface area contributed by atoms with E-state index in [1.165, 1.54) is 31.6 Å². The van der Waals surface area contributed by atoms with Crippen LogP contribution >= 0.6 is 12.4 Å². The summed E-state index contributed by atoms with van der Waals surface area (Å²) in [4.78, 5) is 15.9. The van der Waals surface area contributed by atoms with Crippen LogP contribution in [0.4, 0.5) is 22.0 Å². The first-order chi connectivity index (χ1) is 14.1. The molecule has 2 N–H and O–H groups in total. The molecule has 2 heterocycles. The molecule has 0 spiro atoms. The van der Waals surface area contributed by atoms with Gasteiger partial charge in [-0.05, 0) is 44.7 Å². The highest BCUT2D eigenvalue weighted by molar-refractivity contribution is 7.91. The second kappa shape index (κ2) is 10.1. The van der Waals surface area contributed by atoms with E-state index in [0.717, 1.165) is 4.31 Å². The van der Waals surface area contributed by atoms with Crippen LogP contribution in [0.3, 0.4) is 0 Å². The van der Waals surface area contributed by atoms with Crippen molar-refractivity contribution < 1.29 is 40.4 Å². The molecule has 0 aliphatic carbocycles. The van der Waals surface area contributed by atoms with E-state index in [-0.39, 0.29) is 37.0 Å². The zero-order valence-corrected chi connectivity index (χ0v) is 19.0. The van der Waals surface area contributed by atoms with Gasteiger partial charge in [0.05, 0.1) is 0 Å². The molecule has 0 unspecified atom stereocenters. The van der Waals surface area contributed by atoms with Crippen LogP contribution in [0.15, 0.2) is 18.3 Å². The molecule has 1 aromatic rings. The maximum Gasteiger partial charge on any atom is 0.453 e. The lowest BCUT2D eigenvalue weighted by atomic mass is 9.93. The molecule has 1 aliphatic rings. The lowest BCUT2D eigenvalue weighted by Crippen LogP contribution is -2.54.